The van der Waals surface area contributed by atoms with Crippen LogP contribution in [0, 0.1) is 23.2 Å². The zero-order chi connectivity index (χ0) is 24.3. The first-order chi connectivity index (χ1) is 16.4. The lowest BCUT2D eigenvalue weighted by Crippen LogP contribution is -2.48. The molecule has 0 aliphatic heterocycles. The second-order valence-corrected chi connectivity index (χ2v) is 16.4. The lowest BCUT2D eigenvalue weighted by Gasteiger charge is -2.49. The maximum absolute atomic E-state index is 10.7. The van der Waals surface area contributed by atoms with E-state index in [0.29, 0.717) is 23.2 Å². The summed E-state index contributed by atoms with van der Waals surface area (Å²) in [4.78, 5) is 0. The number of hydrogen-bond acceptors (Lipinski definition) is 3. The second-order valence-electron chi connectivity index (χ2n) is 11.7. The highest BCUT2D eigenvalue weighted by molar-refractivity contribution is 6.73. The van der Waals surface area contributed by atoms with Crippen LogP contribution < -0.4 is 0 Å². The average molecular weight is 485 g/mol. The molecular formula is C30H48O3Si. The molecule has 34 heavy (non-hydrogen) atoms. The molecule has 6 atom stereocenters. The van der Waals surface area contributed by atoms with Crippen LogP contribution in [0.2, 0.25) is 18.1 Å². The number of rotatable bonds is 11. The quantitative estimate of drug-likeness (QED) is 0.324. The predicted octanol–water partition coefficient (Wildman–Crippen LogP) is 8.88. The van der Waals surface area contributed by atoms with Gasteiger partial charge in [-0.15, -0.1) is 0 Å². The van der Waals surface area contributed by atoms with Crippen molar-refractivity contribution in [2.75, 3.05) is 0 Å². The molecule has 0 bridgehead atoms. The van der Waals surface area contributed by atoms with Crippen LogP contribution in [-0.2, 0) is 4.43 Å². The van der Waals surface area contributed by atoms with Crippen molar-refractivity contribution >= 4 is 19.3 Å². The number of benzene rings is 1. The molecule has 0 spiro atoms. The number of aliphatic hydroxyl groups is 1. The van der Waals surface area contributed by atoms with Crippen molar-refractivity contribution in [3.63, 3.8) is 0 Å². The van der Waals surface area contributed by atoms with Gasteiger partial charge in [0, 0.05) is 11.5 Å². The standard InChI is InChI=1S/C30H48O3Si/c1-6-34(7-2,8-3)33-28-17-12-20-30(5)24(18-19-25(28)30)22(4)13-11-15-26(31)29-21-23-14-9-10-16-27(23)32-29/h9-10,14,16,21-22,24-26,28,31H,6-8,11-13,15,17-20H2,1-5H3. The average Bonchev–Trinajstić information content (AvgIpc) is 3.44. The van der Waals surface area contributed by atoms with Crippen LogP contribution in [0.15, 0.2) is 34.7 Å². The van der Waals surface area contributed by atoms with E-state index in [2.05, 4.69) is 34.6 Å². The summed E-state index contributed by atoms with van der Waals surface area (Å²) in [5.74, 6) is 2.94. The maximum Gasteiger partial charge on any atom is 0.192 e. The minimum atomic E-state index is -1.56. The Morgan fingerprint density at radius 1 is 1.09 bits per heavy atom. The van der Waals surface area contributed by atoms with Crippen molar-refractivity contribution in [1.29, 1.82) is 0 Å². The predicted molar refractivity (Wildman–Crippen MR) is 144 cm³/mol. The first-order valence-corrected chi connectivity index (χ1v) is 16.7. The molecule has 0 saturated heterocycles. The van der Waals surface area contributed by atoms with Crippen LogP contribution in [0.1, 0.15) is 97.8 Å². The van der Waals surface area contributed by atoms with E-state index in [0.717, 1.165) is 35.6 Å². The fraction of sp³-hybridized carbons (Fsp3) is 0.733. The summed E-state index contributed by atoms with van der Waals surface area (Å²) in [5, 5.41) is 11.8. The fourth-order valence-corrected chi connectivity index (χ4v) is 10.6. The zero-order valence-corrected chi connectivity index (χ0v) is 23.3. The van der Waals surface area contributed by atoms with E-state index in [9.17, 15) is 5.11 Å². The van der Waals surface area contributed by atoms with Crippen LogP contribution in [0.4, 0.5) is 0 Å². The van der Waals surface area contributed by atoms with E-state index in [-0.39, 0.29) is 0 Å². The van der Waals surface area contributed by atoms with Gasteiger partial charge in [-0.05, 0) is 85.5 Å². The van der Waals surface area contributed by atoms with Gasteiger partial charge >= 0.3 is 0 Å². The molecule has 2 aliphatic rings. The Morgan fingerprint density at radius 3 is 2.53 bits per heavy atom. The molecule has 1 N–H and O–H groups in total. The van der Waals surface area contributed by atoms with E-state index >= 15 is 0 Å². The lowest BCUT2D eigenvalue weighted by molar-refractivity contribution is -0.0206. The van der Waals surface area contributed by atoms with Gasteiger partial charge in [0.2, 0.25) is 0 Å². The van der Waals surface area contributed by atoms with Crippen LogP contribution in [0.25, 0.3) is 11.0 Å². The normalized spacial score (nSPS) is 29.3. The molecule has 2 aromatic rings. The highest BCUT2D eigenvalue weighted by atomic mass is 28.4. The van der Waals surface area contributed by atoms with E-state index in [1.165, 1.54) is 56.7 Å². The maximum atomic E-state index is 10.7. The number of furan rings is 1. The third kappa shape index (κ3) is 5.06. The Morgan fingerprint density at radius 2 is 1.82 bits per heavy atom. The lowest BCUT2D eigenvalue weighted by atomic mass is 9.61. The van der Waals surface area contributed by atoms with Crippen LogP contribution in [-0.4, -0.2) is 19.5 Å². The summed E-state index contributed by atoms with van der Waals surface area (Å²) >= 11 is 0. The monoisotopic (exact) mass is 484 g/mol. The van der Waals surface area contributed by atoms with Gasteiger partial charge < -0.3 is 13.9 Å². The van der Waals surface area contributed by atoms with E-state index < -0.39 is 14.4 Å². The van der Waals surface area contributed by atoms with Crippen molar-refractivity contribution in [3.8, 4) is 0 Å². The smallest absolute Gasteiger partial charge is 0.192 e. The van der Waals surface area contributed by atoms with Crippen molar-refractivity contribution in [1.82, 2.24) is 0 Å². The SMILES string of the molecule is CC[Si](CC)(CC)OC1CCCC2(C)C(C(C)CCCC(O)c3cc4ccccc4o3)CCC12. The Kier molecular flexibility index (Phi) is 8.31. The van der Waals surface area contributed by atoms with Crippen molar-refractivity contribution in [2.45, 2.75) is 116 Å². The largest absolute Gasteiger partial charge is 0.458 e. The van der Waals surface area contributed by atoms with Crippen LogP contribution in [0.5, 0.6) is 0 Å². The van der Waals surface area contributed by atoms with Crippen LogP contribution >= 0.6 is 0 Å². The molecule has 2 saturated carbocycles. The summed E-state index contributed by atoms with van der Waals surface area (Å²) in [6.45, 7) is 12.2. The highest BCUT2D eigenvalue weighted by Crippen LogP contribution is 2.59. The van der Waals surface area contributed by atoms with Gasteiger partial charge in [0.15, 0.2) is 8.32 Å². The van der Waals surface area contributed by atoms with Gasteiger partial charge in [-0.3, -0.25) is 0 Å². The Balaban J connectivity index is 1.34. The number of para-hydroxylation sites is 1. The topological polar surface area (TPSA) is 42.6 Å². The van der Waals surface area contributed by atoms with Crippen molar-refractivity contribution in [3.05, 3.63) is 36.1 Å². The molecule has 3 nitrogen and oxygen atoms in total. The molecule has 0 radical (unpaired) electrons. The summed E-state index contributed by atoms with van der Waals surface area (Å²) in [6.07, 6.45) is 9.68. The molecule has 1 aromatic heterocycles. The Labute approximate surface area is 208 Å². The second kappa shape index (κ2) is 10.9. The molecule has 190 valence electrons. The molecule has 2 aliphatic carbocycles. The molecule has 0 amide bonds. The van der Waals surface area contributed by atoms with Crippen LogP contribution in [0.3, 0.4) is 0 Å². The van der Waals surface area contributed by atoms with Crippen molar-refractivity contribution in [2.24, 2.45) is 23.2 Å². The molecule has 2 fully saturated rings. The van der Waals surface area contributed by atoms with Gasteiger partial charge in [-0.2, -0.15) is 0 Å². The number of hydrogen-bond donors (Lipinski definition) is 1. The highest BCUT2D eigenvalue weighted by Gasteiger charge is 2.53. The third-order valence-electron chi connectivity index (χ3n) is 10.1. The summed E-state index contributed by atoms with van der Waals surface area (Å²) < 4.78 is 13.0. The summed E-state index contributed by atoms with van der Waals surface area (Å²) in [5.41, 5.74) is 1.29. The van der Waals surface area contributed by atoms with E-state index in [4.69, 9.17) is 8.84 Å². The number of aliphatic hydroxyl groups excluding tert-OH is 1. The van der Waals surface area contributed by atoms with Gasteiger partial charge in [0.25, 0.3) is 0 Å². The summed E-state index contributed by atoms with van der Waals surface area (Å²) in [7, 11) is -1.56. The zero-order valence-electron chi connectivity index (χ0n) is 22.3. The van der Waals surface area contributed by atoms with Crippen molar-refractivity contribution < 1.29 is 13.9 Å². The Hall–Kier alpha value is -1.10. The van der Waals surface area contributed by atoms with Gasteiger partial charge in [0.1, 0.15) is 17.4 Å². The first-order valence-electron chi connectivity index (χ1n) is 14.2. The molecule has 4 rings (SSSR count). The van der Waals surface area contributed by atoms with E-state index in [1.807, 2.05) is 30.3 Å². The summed E-state index contributed by atoms with van der Waals surface area (Å²) in [6, 6.07) is 13.8. The molecule has 1 aromatic carbocycles. The van der Waals surface area contributed by atoms with Gasteiger partial charge in [-0.25, -0.2) is 0 Å². The molecular weight excluding hydrogens is 436 g/mol. The van der Waals surface area contributed by atoms with E-state index in [1.54, 1.807) is 0 Å². The first kappa shape index (κ1) is 26.0. The van der Waals surface area contributed by atoms with Gasteiger partial charge in [-0.1, -0.05) is 72.1 Å². The Bertz CT molecular complexity index is 877. The molecule has 1 heterocycles. The fourth-order valence-electron chi connectivity index (χ4n) is 7.70. The molecule has 4 heteroatoms. The molecule has 6 unspecified atom stereocenters. The third-order valence-corrected chi connectivity index (χ3v) is 14.7. The van der Waals surface area contributed by atoms with Gasteiger partial charge in [0.05, 0.1) is 0 Å². The minimum Gasteiger partial charge on any atom is -0.458 e. The number of fused-ring (bicyclic) bond motifs is 2. The minimum absolute atomic E-state index is 0.426.